The highest BCUT2D eigenvalue weighted by Gasteiger charge is 2.19. The first-order valence-electron chi connectivity index (χ1n) is 5.75. The van der Waals surface area contributed by atoms with Crippen LogP contribution in [0.15, 0.2) is 30.6 Å². The quantitative estimate of drug-likeness (QED) is 0.904. The van der Waals surface area contributed by atoms with Crippen LogP contribution in [0, 0.1) is 5.41 Å². The van der Waals surface area contributed by atoms with Gasteiger partial charge in [-0.1, -0.05) is 31.5 Å². The van der Waals surface area contributed by atoms with Gasteiger partial charge in [0.25, 0.3) is 0 Å². The molecule has 0 aliphatic carbocycles. The average Bonchev–Trinajstić information content (AvgIpc) is 2.33. The maximum Gasteiger partial charge on any atom is 0.0444 e. The van der Waals surface area contributed by atoms with Crippen LogP contribution < -0.4 is 5.73 Å². The summed E-state index contributed by atoms with van der Waals surface area (Å²) in [6, 6.07) is 5.96. The minimum absolute atomic E-state index is 0.0567. The largest absolute Gasteiger partial charge is 0.330 e. The molecule has 0 amide bonds. The Bertz CT molecular complexity index is 535. The second-order valence-electron chi connectivity index (χ2n) is 5.17. The summed E-state index contributed by atoms with van der Waals surface area (Å²) < 4.78 is 0. The van der Waals surface area contributed by atoms with E-state index in [1.165, 1.54) is 10.9 Å². The first-order chi connectivity index (χ1) is 8.03. The van der Waals surface area contributed by atoms with Crippen LogP contribution in [0.4, 0.5) is 0 Å². The van der Waals surface area contributed by atoms with E-state index >= 15 is 0 Å². The van der Waals surface area contributed by atoms with E-state index in [0.29, 0.717) is 6.54 Å². The Balaban J connectivity index is 2.55. The van der Waals surface area contributed by atoms with E-state index < -0.39 is 0 Å². The van der Waals surface area contributed by atoms with E-state index in [4.69, 9.17) is 17.3 Å². The summed E-state index contributed by atoms with van der Waals surface area (Å²) in [7, 11) is 0. The van der Waals surface area contributed by atoms with Crippen molar-refractivity contribution in [3.63, 3.8) is 0 Å². The topological polar surface area (TPSA) is 38.9 Å². The number of hydrogen-bond donors (Lipinski definition) is 1. The minimum Gasteiger partial charge on any atom is -0.330 e. The standard InChI is InChI=1S/C14H17ClN2/c1-14(2,9-16)7-12-11-5-6-17-8-10(11)3-4-13(12)15/h3-6,8H,7,9,16H2,1-2H3. The number of nitrogens with zero attached hydrogens (tertiary/aromatic N) is 1. The zero-order chi connectivity index (χ0) is 12.5. The SMILES string of the molecule is CC(C)(CN)Cc1c(Cl)ccc2cnccc12. The van der Waals surface area contributed by atoms with E-state index in [-0.39, 0.29) is 5.41 Å². The van der Waals surface area contributed by atoms with Crippen LogP contribution in [0.2, 0.25) is 5.02 Å². The number of nitrogens with two attached hydrogens (primary N) is 1. The first-order valence-corrected chi connectivity index (χ1v) is 6.12. The maximum absolute atomic E-state index is 6.31. The molecular formula is C14H17ClN2. The molecule has 90 valence electrons. The van der Waals surface area contributed by atoms with Crippen molar-refractivity contribution in [1.82, 2.24) is 4.98 Å². The van der Waals surface area contributed by atoms with E-state index in [9.17, 15) is 0 Å². The molecule has 1 aromatic carbocycles. The fourth-order valence-corrected chi connectivity index (χ4v) is 2.17. The van der Waals surface area contributed by atoms with Gasteiger partial charge < -0.3 is 5.73 Å². The summed E-state index contributed by atoms with van der Waals surface area (Å²) in [5.41, 5.74) is 7.02. The smallest absolute Gasteiger partial charge is 0.0444 e. The number of hydrogen-bond acceptors (Lipinski definition) is 2. The van der Waals surface area contributed by atoms with Crippen molar-refractivity contribution in [3.05, 3.63) is 41.2 Å². The van der Waals surface area contributed by atoms with Gasteiger partial charge in [0.1, 0.15) is 0 Å². The molecule has 0 saturated carbocycles. The van der Waals surface area contributed by atoms with Crippen LogP contribution in [-0.4, -0.2) is 11.5 Å². The molecule has 0 aliphatic rings. The first kappa shape index (κ1) is 12.3. The third-order valence-corrected chi connectivity index (χ3v) is 3.44. The fourth-order valence-electron chi connectivity index (χ4n) is 1.94. The highest BCUT2D eigenvalue weighted by molar-refractivity contribution is 6.32. The van der Waals surface area contributed by atoms with Crippen molar-refractivity contribution >= 4 is 22.4 Å². The molecule has 3 heteroatoms. The van der Waals surface area contributed by atoms with E-state index in [1.54, 1.807) is 6.20 Å². The highest BCUT2D eigenvalue weighted by atomic mass is 35.5. The molecule has 0 unspecified atom stereocenters. The van der Waals surface area contributed by atoms with Gasteiger partial charge in [-0.3, -0.25) is 4.98 Å². The molecule has 2 aromatic rings. The van der Waals surface area contributed by atoms with Crippen molar-refractivity contribution in [2.45, 2.75) is 20.3 Å². The lowest BCUT2D eigenvalue weighted by molar-refractivity contribution is 0.378. The Hall–Kier alpha value is -1.12. The van der Waals surface area contributed by atoms with Crippen LogP contribution in [0.1, 0.15) is 19.4 Å². The molecule has 0 bridgehead atoms. The van der Waals surface area contributed by atoms with Crippen LogP contribution >= 0.6 is 11.6 Å². The summed E-state index contributed by atoms with van der Waals surface area (Å²) in [5.74, 6) is 0. The van der Waals surface area contributed by atoms with Gasteiger partial charge in [0.05, 0.1) is 0 Å². The second-order valence-corrected chi connectivity index (χ2v) is 5.58. The number of aromatic nitrogens is 1. The van der Waals surface area contributed by atoms with Crippen LogP contribution in [0.5, 0.6) is 0 Å². The van der Waals surface area contributed by atoms with Gasteiger partial charge in [-0.2, -0.15) is 0 Å². The Morgan fingerprint density at radius 3 is 2.76 bits per heavy atom. The molecule has 1 heterocycles. The van der Waals surface area contributed by atoms with Crippen molar-refractivity contribution in [1.29, 1.82) is 0 Å². The van der Waals surface area contributed by atoms with E-state index in [1.807, 2.05) is 24.4 Å². The summed E-state index contributed by atoms with van der Waals surface area (Å²) in [6.45, 7) is 4.96. The van der Waals surface area contributed by atoms with Gasteiger partial charge in [0, 0.05) is 22.8 Å². The van der Waals surface area contributed by atoms with Gasteiger partial charge in [0.2, 0.25) is 0 Å². The van der Waals surface area contributed by atoms with Crippen LogP contribution in [-0.2, 0) is 6.42 Å². The minimum atomic E-state index is 0.0567. The van der Waals surface area contributed by atoms with Crippen LogP contribution in [0.25, 0.3) is 10.8 Å². The highest BCUT2D eigenvalue weighted by Crippen LogP contribution is 2.31. The molecule has 0 atom stereocenters. The molecule has 0 fully saturated rings. The molecule has 0 radical (unpaired) electrons. The second kappa shape index (κ2) is 4.63. The van der Waals surface area contributed by atoms with Gasteiger partial charge in [-0.25, -0.2) is 0 Å². The molecule has 0 aliphatic heterocycles. The van der Waals surface area contributed by atoms with Gasteiger partial charge in [-0.15, -0.1) is 0 Å². The van der Waals surface area contributed by atoms with Gasteiger partial charge >= 0.3 is 0 Å². The molecule has 2 rings (SSSR count). The fraction of sp³-hybridized carbons (Fsp3) is 0.357. The number of benzene rings is 1. The molecule has 2 N–H and O–H groups in total. The average molecular weight is 249 g/mol. The number of rotatable bonds is 3. The lowest BCUT2D eigenvalue weighted by atomic mass is 9.84. The van der Waals surface area contributed by atoms with Crippen LogP contribution in [0.3, 0.4) is 0 Å². The Morgan fingerprint density at radius 1 is 1.29 bits per heavy atom. The van der Waals surface area contributed by atoms with Crippen molar-refractivity contribution < 1.29 is 0 Å². The van der Waals surface area contributed by atoms with Crippen molar-refractivity contribution in [3.8, 4) is 0 Å². The van der Waals surface area contributed by atoms with E-state index in [2.05, 4.69) is 18.8 Å². The van der Waals surface area contributed by atoms with Gasteiger partial charge in [-0.05, 0) is 41.5 Å². The molecule has 1 aromatic heterocycles. The lowest BCUT2D eigenvalue weighted by Crippen LogP contribution is -2.26. The summed E-state index contributed by atoms with van der Waals surface area (Å²) in [5, 5.41) is 3.11. The lowest BCUT2D eigenvalue weighted by Gasteiger charge is -2.23. The maximum atomic E-state index is 6.31. The Kier molecular flexibility index (Phi) is 3.36. The monoisotopic (exact) mass is 248 g/mol. The predicted octanol–water partition coefficient (Wildman–Crippen LogP) is 3.42. The predicted molar refractivity (Wildman–Crippen MR) is 73.3 cm³/mol. The molecule has 0 saturated heterocycles. The van der Waals surface area contributed by atoms with Crippen molar-refractivity contribution in [2.24, 2.45) is 11.1 Å². The zero-order valence-electron chi connectivity index (χ0n) is 10.2. The van der Waals surface area contributed by atoms with Gasteiger partial charge in [0.15, 0.2) is 0 Å². The number of fused-ring (bicyclic) bond motifs is 1. The number of pyridine rings is 1. The molecule has 17 heavy (non-hydrogen) atoms. The Morgan fingerprint density at radius 2 is 2.06 bits per heavy atom. The number of halogens is 1. The normalized spacial score (nSPS) is 12.0. The summed E-state index contributed by atoms with van der Waals surface area (Å²) in [4.78, 5) is 4.13. The summed E-state index contributed by atoms with van der Waals surface area (Å²) >= 11 is 6.31. The van der Waals surface area contributed by atoms with Crippen molar-refractivity contribution in [2.75, 3.05) is 6.54 Å². The van der Waals surface area contributed by atoms with E-state index in [0.717, 1.165) is 16.8 Å². The molecule has 2 nitrogen and oxygen atoms in total. The molecule has 0 spiro atoms. The third-order valence-electron chi connectivity index (χ3n) is 3.08. The third kappa shape index (κ3) is 2.59. The zero-order valence-corrected chi connectivity index (χ0v) is 11.0. The molecular weight excluding hydrogens is 232 g/mol. The summed E-state index contributed by atoms with van der Waals surface area (Å²) in [6.07, 6.45) is 4.55. The Labute approximate surface area is 107 Å².